The van der Waals surface area contributed by atoms with Gasteiger partial charge in [0.25, 0.3) is 0 Å². The third-order valence-corrected chi connectivity index (χ3v) is 22.9. The molecular formula is C61H85IN2O20S3. The Morgan fingerprint density at radius 3 is 2.25 bits per heavy atom. The predicted octanol–water partition coefficient (Wildman–Crippen LogP) is 4.71. The van der Waals surface area contributed by atoms with Crippen LogP contribution in [0.25, 0.3) is 0 Å². The number of thioether (sulfide) groups is 1. The van der Waals surface area contributed by atoms with Crippen molar-refractivity contribution >= 4 is 72.6 Å². The number of likely N-dealkylation sites (N-methyl/N-ethyl adjacent to an activating group) is 1. The summed E-state index contributed by atoms with van der Waals surface area (Å²) in [5.41, 5.74) is 1.43. The molecule has 26 heteroatoms. The number of aliphatic hydroxyl groups is 5. The molecule has 4 aliphatic heterocycles. The summed E-state index contributed by atoms with van der Waals surface area (Å²) in [7, 11) is 8.98. The first-order valence-corrected chi connectivity index (χ1v) is 33.6. The summed E-state index contributed by atoms with van der Waals surface area (Å²) >= 11 is 2.86. The highest BCUT2D eigenvalue weighted by atomic mass is 127. The van der Waals surface area contributed by atoms with Crippen molar-refractivity contribution in [2.45, 2.75) is 215 Å². The van der Waals surface area contributed by atoms with Gasteiger partial charge in [-0.15, -0.1) is 0 Å². The molecule has 22 nitrogen and oxygen atoms in total. The maximum absolute atomic E-state index is 14.5. The molecule has 7 aliphatic rings. The van der Waals surface area contributed by atoms with Crippen molar-refractivity contribution < 1.29 is 96.9 Å². The zero-order valence-electron chi connectivity index (χ0n) is 51.6. The number of halogens is 1. The Morgan fingerprint density at radius 1 is 0.897 bits per heavy atom. The number of benzene rings is 1. The second-order valence-electron chi connectivity index (χ2n) is 24.0. The number of allylic oxidation sites excluding steroid dienone is 2. The number of carbonyl (C=O) groups is 3. The molecule has 3 unspecified atom stereocenters. The van der Waals surface area contributed by atoms with Crippen LogP contribution in [0.5, 0.6) is 17.2 Å². The molecule has 4 saturated heterocycles. The molecule has 7 N–H and O–H groups in total. The van der Waals surface area contributed by atoms with Gasteiger partial charge in [0, 0.05) is 67.8 Å². The first-order valence-electron chi connectivity index (χ1n) is 29.3. The van der Waals surface area contributed by atoms with Gasteiger partial charge in [0.2, 0.25) is 17.2 Å². The zero-order chi connectivity index (χ0) is 63.6. The van der Waals surface area contributed by atoms with Crippen LogP contribution in [0.3, 0.4) is 0 Å². The van der Waals surface area contributed by atoms with Gasteiger partial charge in [-0.2, -0.15) is 5.48 Å². The summed E-state index contributed by atoms with van der Waals surface area (Å²) in [5, 5.41) is 61.1. The summed E-state index contributed by atoms with van der Waals surface area (Å²) in [6, 6.07) is -1.19. The number of hydrogen-bond acceptors (Lipinski definition) is 25. The smallest absolute Gasteiger partial charge is 0.229 e. The number of aliphatic hydroxyl groups excluding tert-OH is 4. The van der Waals surface area contributed by atoms with Gasteiger partial charge in [0.1, 0.15) is 53.8 Å². The standard InChI is InChI=1S/C61H85IN2O20S3/c1-15-63-36-27-77-41(25-40(36)73-11)82-53-48(69)46(31(5)79-58(53)81-39-18-16-17-28(2)19-21-60-35(23-29(3)65)38(67)26-61(60,72)34(44(39)60)20-22-85-87-59(8,9)10)64-84-42-24-37(66)55(33(7)78-42)86-56(71)43-30(4)45(62)51(54(76-14)50(43)74-12)83-57-49(70)52(75-13)47(68)32(6)80-57/h17,20,31-33,35-37,39-42,44,46-49,52-53,55,57-58,63-64,66,68-70,72H,15,22-27H2,1-14H3/b28-17-,34-20+/t31-,32+,33-,35?,36+,37+,39+,40+,41+,42+,44?,46-,47+,48+,49-,52-,53-,55-,57+,58+,60?,61+/m1/s1. The molecule has 6 fully saturated rings. The van der Waals surface area contributed by atoms with E-state index in [0.717, 1.165) is 11.8 Å². The quantitative estimate of drug-likeness (QED) is 0.0207. The Labute approximate surface area is 535 Å². The molecule has 0 aromatic heterocycles. The Bertz CT molecular complexity index is 2840. The minimum Gasteiger partial charge on any atom is -0.492 e. The van der Waals surface area contributed by atoms with Crippen molar-refractivity contribution in [2.24, 2.45) is 17.3 Å². The van der Waals surface area contributed by atoms with E-state index in [1.807, 2.05) is 35.6 Å². The molecule has 87 heavy (non-hydrogen) atoms. The van der Waals surface area contributed by atoms with Crippen LogP contribution in [-0.4, -0.2) is 210 Å². The number of nitrogens with one attached hydrogen (secondary N) is 2. The molecule has 1 spiro atoms. The molecule has 0 radical (unpaired) electrons. The van der Waals surface area contributed by atoms with Crippen LogP contribution in [0, 0.1) is 51.4 Å². The van der Waals surface area contributed by atoms with Gasteiger partial charge in [-0.1, -0.05) is 90.8 Å². The lowest BCUT2D eigenvalue weighted by Crippen LogP contribution is -2.69. The lowest BCUT2D eigenvalue weighted by atomic mass is 9.44. The Hall–Kier alpha value is -2.63. The first-order chi connectivity index (χ1) is 41.2. The molecule has 4 heterocycles. The normalized spacial score (nSPS) is 39.5. The second-order valence-corrected chi connectivity index (χ2v) is 29.4. The maximum Gasteiger partial charge on any atom is 0.229 e. The van der Waals surface area contributed by atoms with E-state index in [4.69, 9.17) is 56.9 Å². The average Bonchev–Trinajstić information content (AvgIpc) is 1.57. The van der Waals surface area contributed by atoms with E-state index in [1.54, 1.807) is 69.4 Å². The number of carbonyl (C=O) groups excluding carboxylic acids is 3. The van der Waals surface area contributed by atoms with E-state index in [2.05, 4.69) is 55.2 Å². The highest BCUT2D eigenvalue weighted by Crippen LogP contribution is 2.70. The van der Waals surface area contributed by atoms with Crippen LogP contribution >= 0.6 is 55.9 Å². The van der Waals surface area contributed by atoms with E-state index in [-0.39, 0.29) is 83.6 Å². The van der Waals surface area contributed by atoms with Crippen molar-refractivity contribution in [3.05, 3.63) is 38.0 Å². The number of hydroxylamine groups is 1. The molecular weight excluding hydrogens is 1300 g/mol. The molecule has 0 bridgehead atoms. The van der Waals surface area contributed by atoms with E-state index in [0.29, 0.717) is 32.6 Å². The van der Waals surface area contributed by atoms with E-state index < -0.39 is 125 Å². The Kier molecular flexibility index (Phi) is 23.9. The van der Waals surface area contributed by atoms with Crippen molar-refractivity contribution in [3.63, 3.8) is 0 Å². The largest absolute Gasteiger partial charge is 0.492 e. The van der Waals surface area contributed by atoms with Gasteiger partial charge in [-0.05, 0) is 87.9 Å². The minimum absolute atomic E-state index is 0.0388. The molecule has 2 saturated carbocycles. The fourth-order valence-corrected chi connectivity index (χ4v) is 16.6. The molecule has 1 aromatic carbocycles. The number of Topliss-reactive ketones (excluding diaryl/α,β-unsaturated/α-hetero) is 2. The van der Waals surface area contributed by atoms with Gasteiger partial charge in [-0.25, -0.2) is 0 Å². The molecule has 22 atom stereocenters. The number of ketones is 2. The average molecular weight is 1390 g/mol. The summed E-state index contributed by atoms with van der Waals surface area (Å²) in [4.78, 5) is 47.8. The lowest BCUT2D eigenvalue weighted by molar-refractivity contribution is -0.342. The lowest BCUT2D eigenvalue weighted by Gasteiger charge is -2.60. The molecule has 1 aromatic rings. The van der Waals surface area contributed by atoms with Crippen LogP contribution in [-0.2, 0) is 52.3 Å². The Balaban J connectivity index is 1.02. The third kappa shape index (κ3) is 14.6. The van der Waals surface area contributed by atoms with Gasteiger partial charge in [-0.3, -0.25) is 14.4 Å². The van der Waals surface area contributed by atoms with Crippen LogP contribution < -0.4 is 25.0 Å². The minimum atomic E-state index is -1.74. The van der Waals surface area contributed by atoms with E-state index >= 15 is 0 Å². The summed E-state index contributed by atoms with van der Waals surface area (Å²) in [6.07, 6.45) is -12.8. The van der Waals surface area contributed by atoms with E-state index in [1.165, 1.54) is 28.3 Å². The van der Waals surface area contributed by atoms with Crippen LogP contribution in [0.15, 0.2) is 23.3 Å². The number of ether oxygens (including phenoxy) is 11. The zero-order valence-corrected chi connectivity index (χ0v) is 56.2. The number of rotatable bonds is 22. The topological polar surface area (TPSA) is 287 Å². The van der Waals surface area contributed by atoms with Gasteiger partial charge in [0.05, 0.1) is 83.2 Å². The van der Waals surface area contributed by atoms with Gasteiger partial charge in [0.15, 0.2) is 30.4 Å². The molecule has 3 aliphatic carbocycles. The summed E-state index contributed by atoms with van der Waals surface area (Å²) in [5.74, 6) is 11.2. The van der Waals surface area contributed by atoms with Crippen LogP contribution in [0.1, 0.15) is 104 Å². The SMILES string of the molecule is CCN[C@H]1CO[C@@H](O[C@H]2[C@H](O[C@H]3C#C/C=C(/C)C#CC45C(CC(C)=O)C(=O)C[C@]4(O)/C(=C/CSSC(C)(C)C)C35)O[C@H](C)[C@@H](NO[C@H]3C[C@H](O)[C@H](SC(=O)c4c(C)c(I)c(O[C@@H]5O[C@@H](C)[C@H](O)[C@@H](OC)[C@H]5O)c(OC)c4OC)[C@@H](C)O3)[C@@H]2O)C[C@@H]1OC. The second kappa shape index (κ2) is 29.5. The summed E-state index contributed by atoms with van der Waals surface area (Å²) in [6.45, 7) is 19.1. The maximum atomic E-state index is 14.5. The predicted molar refractivity (Wildman–Crippen MR) is 333 cm³/mol. The fraction of sp³-hybridized carbons (Fsp3) is 0.721. The third-order valence-electron chi connectivity index (χ3n) is 17.0. The number of methoxy groups -OCH3 is 4. The highest BCUT2D eigenvalue weighted by Gasteiger charge is 2.78. The highest BCUT2D eigenvalue weighted by molar-refractivity contribution is 14.1. The van der Waals surface area contributed by atoms with Crippen molar-refractivity contribution in [3.8, 4) is 40.9 Å². The molecule has 0 amide bonds. The van der Waals surface area contributed by atoms with Crippen LogP contribution in [0.4, 0.5) is 0 Å². The molecule has 8 rings (SSSR count). The van der Waals surface area contributed by atoms with Crippen LogP contribution in [0.2, 0.25) is 0 Å². The Morgan fingerprint density at radius 2 is 1.61 bits per heavy atom. The monoisotopic (exact) mass is 1390 g/mol. The van der Waals surface area contributed by atoms with E-state index in [9.17, 15) is 39.9 Å². The fourth-order valence-electron chi connectivity index (χ4n) is 12.7. The molecule has 484 valence electrons. The van der Waals surface area contributed by atoms with Crippen molar-refractivity contribution in [1.29, 1.82) is 0 Å². The summed E-state index contributed by atoms with van der Waals surface area (Å²) < 4.78 is 68.3. The van der Waals surface area contributed by atoms with Gasteiger partial charge < -0.3 is 87.7 Å². The van der Waals surface area contributed by atoms with Crippen molar-refractivity contribution in [2.75, 3.05) is 47.3 Å². The first kappa shape index (κ1) is 70.2. The number of hydrogen-bond donors (Lipinski definition) is 7. The van der Waals surface area contributed by atoms with Gasteiger partial charge >= 0.3 is 0 Å². The van der Waals surface area contributed by atoms with Crippen molar-refractivity contribution in [1.82, 2.24) is 10.8 Å².